The summed E-state index contributed by atoms with van der Waals surface area (Å²) in [5.41, 5.74) is 1.30. The smallest absolute Gasteiger partial charge is 0.120 e. The van der Waals surface area contributed by atoms with Crippen molar-refractivity contribution < 1.29 is 4.74 Å². The molecule has 0 heterocycles. The molecule has 1 rings (SSSR count). The summed E-state index contributed by atoms with van der Waals surface area (Å²) >= 11 is 0. The molecular weight excluding hydrogens is 258 g/mol. The highest BCUT2D eigenvalue weighted by molar-refractivity contribution is 5.30. The van der Waals surface area contributed by atoms with Crippen LogP contribution in [0.25, 0.3) is 0 Å². The van der Waals surface area contributed by atoms with E-state index in [1.54, 1.807) is 0 Å². The topological polar surface area (TPSA) is 21.3 Å². The van der Waals surface area contributed by atoms with Crippen molar-refractivity contribution in [1.29, 1.82) is 0 Å². The van der Waals surface area contributed by atoms with Crippen LogP contribution in [-0.4, -0.2) is 12.1 Å². The Balaban J connectivity index is 2.66. The number of hydrogen-bond donors (Lipinski definition) is 1. The minimum absolute atomic E-state index is 0.220. The molecule has 3 unspecified atom stereocenters. The van der Waals surface area contributed by atoms with Crippen molar-refractivity contribution in [1.82, 2.24) is 5.32 Å². The first kappa shape index (κ1) is 18.0. The summed E-state index contributed by atoms with van der Waals surface area (Å²) in [5.74, 6) is 1.75. The Morgan fingerprint density at radius 2 is 1.76 bits per heavy atom. The van der Waals surface area contributed by atoms with Crippen LogP contribution in [0.2, 0.25) is 0 Å². The van der Waals surface area contributed by atoms with Crippen molar-refractivity contribution in [3.8, 4) is 5.75 Å². The van der Waals surface area contributed by atoms with Gasteiger partial charge in [-0.05, 0) is 57.2 Å². The van der Waals surface area contributed by atoms with Crippen LogP contribution in [-0.2, 0) is 0 Å². The molecule has 0 aliphatic heterocycles. The van der Waals surface area contributed by atoms with Gasteiger partial charge < -0.3 is 10.1 Å². The second-order valence-corrected chi connectivity index (χ2v) is 6.48. The van der Waals surface area contributed by atoms with Crippen molar-refractivity contribution in [3.05, 3.63) is 29.8 Å². The average molecular weight is 291 g/mol. The summed E-state index contributed by atoms with van der Waals surface area (Å²) in [4.78, 5) is 0. The fourth-order valence-corrected chi connectivity index (χ4v) is 2.58. The minimum atomic E-state index is 0.220. The molecule has 2 nitrogen and oxygen atoms in total. The van der Waals surface area contributed by atoms with Gasteiger partial charge in [-0.1, -0.05) is 39.3 Å². The highest BCUT2D eigenvalue weighted by Gasteiger charge is 2.14. The van der Waals surface area contributed by atoms with Crippen molar-refractivity contribution in [2.45, 2.75) is 79.0 Å². The van der Waals surface area contributed by atoms with Crippen LogP contribution in [0.5, 0.6) is 5.75 Å². The molecule has 0 bridgehead atoms. The van der Waals surface area contributed by atoms with Crippen molar-refractivity contribution in [2.75, 3.05) is 0 Å². The third-order valence-corrected chi connectivity index (χ3v) is 4.09. The fourth-order valence-electron chi connectivity index (χ4n) is 2.58. The molecule has 2 heteroatoms. The molecule has 0 spiro atoms. The Morgan fingerprint density at radius 1 is 1.05 bits per heavy atom. The van der Waals surface area contributed by atoms with Crippen LogP contribution in [0.1, 0.15) is 72.4 Å². The first-order valence-electron chi connectivity index (χ1n) is 8.48. The maximum atomic E-state index is 5.79. The van der Waals surface area contributed by atoms with E-state index in [-0.39, 0.29) is 6.10 Å². The quantitative estimate of drug-likeness (QED) is 0.663. The van der Waals surface area contributed by atoms with Gasteiger partial charge in [-0.15, -0.1) is 0 Å². The van der Waals surface area contributed by atoms with E-state index in [9.17, 15) is 0 Å². The predicted octanol–water partition coefficient (Wildman–Crippen LogP) is 5.34. The van der Waals surface area contributed by atoms with E-state index in [4.69, 9.17) is 4.74 Å². The van der Waals surface area contributed by atoms with E-state index >= 15 is 0 Å². The summed E-state index contributed by atoms with van der Waals surface area (Å²) in [6, 6.07) is 9.40. The largest absolute Gasteiger partial charge is 0.491 e. The van der Waals surface area contributed by atoms with E-state index in [1.165, 1.54) is 24.8 Å². The number of benzene rings is 1. The lowest BCUT2D eigenvalue weighted by Gasteiger charge is -2.25. The number of nitrogens with one attached hydrogen (secondary N) is 1. The molecule has 120 valence electrons. The van der Waals surface area contributed by atoms with Crippen molar-refractivity contribution in [2.24, 2.45) is 5.92 Å². The maximum absolute atomic E-state index is 5.79. The Hall–Kier alpha value is -1.02. The Morgan fingerprint density at radius 3 is 2.33 bits per heavy atom. The maximum Gasteiger partial charge on any atom is 0.120 e. The summed E-state index contributed by atoms with van der Waals surface area (Å²) in [5, 5.41) is 3.77. The molecule has 0 amide bonds. The second kappa shape index (κ2) is 9.09. The molecule has 21 heavy (non-hydrogen) atoms. The molecule has 0 aromatic heterocycles. The number of rotatable bonds is 9. The SMILES string of the molecule is CCC(C)CC(CC)NC(C)c1cccc(OC(C)C)c1. The molecule has 0 fully saturated rings. The summed E-state index contributed by atoms with van der Waals surface area (Å²) in [6.45, 7) is 13.2. The highest BCUT2D eigenvalue weighted by atomic mass is 16.5. The minimum Gasteiger partial charge on any atom is -0.491 e. The Labute approximate surface area is 131 Å². The lowest BCUT2D eigenvalue weighted by Crippen LogP contribution is -2.32. The highest BCUT2D eigenvalue weighted by Crippen LogP contribution is 2.22. The van der Waals surface area contributed by atoms with Gasteiger partial charge in [0, 0.05) is 12.1 Å². The van der Waals surface area contributed by atoms with Gasteiger partial charge in [0.05, 0.1) is 6.10 Å². The first-order valence-corrected chi connectivity index (χ1v) is 8.48. The van der Waals surface area contributed by atoms with Crippen LogP contribution >= 0.6 is 0 Å². The van der Waals surface area contributed by atoms with Crippen LogP contribution < -0.4 is 10.1 Å². The van der Waals surface area contributed by atoms with Crippen LogP contribution in [0.4, 0.5) is 0 Å². The van der Waals surface area contributed by atoms with Gasteiger partial charge in [-0.3, -0.25) is 0 Å². The van der Waals surface area contributed by atoms with Crippen molar-refractivity contribution >= 4 is 0 Å². The lowest BCUT2D eigenvalue weighted by atomic mass is 9.96. The third-order valence-electron chi connectivity index (χ3n) is 4.09. The molecule has 0 saturated carbocycles. The Kier molecular flexibility index (Phi) is 7.81. The molecule has 1 aromatic rings. The monoisotopic (exact) mass is 291 g/mol. The molecule has 3 atom stereocenters. The normalized spacial score (nSPS) is 15.8. The Bertz CT molecular complexity index is 402. The van der Waals surface area contributed by atoms with Crippen LogP contribution in [0.15, 0.2) is 24.3 Å². The van der Waals surface area contributed by atoms with Crippen molar-refractivity contribution in [3.63, 3.8) is 0 Å². The summed E-state index contributed by atoms with van der Waals surface area (Å²) in [7, 11) is 0. The molecule has 0 aliphatic carbocycles. The predicted molar refractivity (Wildman–Crippen MR) is 91.9 cm³/mol. The van der Waals surface area contributed by atoms with Gasteiger partial charge in [0.2, 0.25) is 0 Å². The van der Waals surface area contributed by atoms with E-state index < -0.39 is 0 Å². The van der Waals surface area contributed by atoms with Gasteiger partial charge in [-0.25, -0.2) is 0 Å². The van der Waals surface area contributed by atoms with E-state index in [1.807, 2.05) is 6.07 Å². The zero-order valence-corrected chi connectivity index (χ0v) is 14.6. The molecular formula is C19H33NO. The van der Waals surface area contributed by atoms with Gasteiger partial charge in [0.1, 0.15) is 5.75 Å². The molecule has 1 aromatic carbocycles. The summed E-state index contributed by atoms with van der Waals surface area (Å²) < 4.78 is 5.79. The zero-order valence-electron chi connectivity index (χ0n) is 14.6. The van der Waals surface area contributed by atoms with E-state index in [0.717, 1.165) is 11.7 Å². The zero-order chi connectivity index (χ0) is 15.8. The molecule has 0 saturated heterocycles. The van der Waals surface area contributed by atoms with Gasteiger partial charge >= 0.3 is 0 Å². The van der Waals surface area contributed by atoms with Gasteiger partial charge in [0.25, 0.3) is 0 Å². The van der Waals surface area contributed by atoms with Gasteiger partial charge in [0.15, 0.2) is 0 Å². The van der Waals surface area contributed by atoms with E-state index in [2.05, 4.69) is 65.1 Å². The lowest BCUT2D eigenvalue weighted by molar-refractivity contribution is 0.242. The molecule has 0 radical (unpaired) electrons. The van der Waals surface area contributed by atoms with Gasteiger partial charge in [-0.2, -0.15) is 0 Å². The standard InChI is InChI=1S/C19H33NO/c1-7-15(5)12-18(8-2)20-16(6)17-10-9-11-19(13-17)21-14(3)4/h9-11,13-16,18,20H,7-8,12H2,1-6H3. The van der Waals surface area contributed by atoms with Crippen LogP contribution in [0, 0.1) is 5.92 Å². The molecule has 1 N–H and O–H groups in total. The van der Waals surface area contributed by atoms with Crippen LogP contribution in [0.3, 0.4) is 0 Å². The number of hydrogen-bond acceptors (Lipinski definition) is 2. The fraction of sp³-hybridized carbons (Fsp3) is 0.684. The van der Waals surface area contributed by atoms with E-state index in [0.29, 0.717) is 12.1 Å². The third kappa shape index (κ3) is 6.52. The summed E-state index contributed by atoms with van der Waals surface area (Å²) in [6.07, 6.45) is 3.90. The number of ether oxygens (including phenoxy) is 1. The first-order chi connectivity index (χ1) is 9.96. The second-order valence-electron chi connectivity index (χ2n) is 6.48. The average Bonchev–Trinajstić information content (AvgIpc) is 2.45. The molecule has 0 aliphatic rings.